The van der Waals surface area contributed by atoms with Gasteiger partial charge in [-0.2, -0.15) is 5.26 Å². The number of aromatic amines is 1. The van der Waals surface area contributed by atoms with Crippen LogP contribution in [0.5, 0.6) is 5.75 Å². The van der Waals surface area contributed by atoms with E-state index in [4.69, 9.17) is 0 Å². The Kier molecular flexibility index (Phi) is 9.77. The quantitative estimate of drug-likeness (QED) is 0.131. The summed E-state index contributed by atoms with van der Waals surface area (Å²) in [5.41, 5.74) is 3.72. The molecule has 5 rings (SSSR count). The predicted molar refractivity (Wildman–Crippen MR) is 168 cm³/mol. The summed E-state index contributed by atoms with van der Waals surface area (Å²) in [6, 6.07) is 22.3. The zero-order chi connectivity index (χ0) is 31.8. The van der Waals surface area contributed by atoms with E-state index in [1.807, 2.05) is 48.5 Å². The van der Waals surface area contributed by atoms with Crippen molar-refractivity contribution in [3.05, 3.63) is 114 Å². The largest absolute Gasteiger partial charge is 0.508 e. The van der Waals surface area contributed by atoms with Crippen molar-refractivity contribution in [2.24, 2.45) is 0 Å². The lowest BCUT2D eigenvalue weighted by Crippen LogP contribution is -2.87. The molecule has 0 saturated carbocycles. The number of nitriles is 1. The van der Waals surface area contributed by atoms with Crippen LogP contribution in [0.15, 0.2) is 91.6 Å². The molecule has 2 atom stereocenters. The molecule has 1 aliphatic heterocycles. The number of piperazine rings is 1. The average molecular weight is 607 g/mol. The van der Waals surface area contributed by atoms with Crippen molar-refractivity contribution >= 4 is 28.7 Å². The topological polar surface area (TPSA) is 158 Å². The first kappa shape index (κ1) is 30.8. The lowest BCUT2D eigenvalue weighted by molar-refractivity contribution is -0.635. The number of nitrogens with one attached hydrogen (secondary N) is 3. The number of fused-ring (bicyclic) bond motifs is 1. The fraction of sp³-hybridized carbons (Fsp3) is 0.235. The van der Waals surface area contributed by atoms with Crippen LogP contribution in [0.25, 0.3) is 10.9 Å². The van der Waals surface area contributed by atoms with Gasteiger partial charge < -0.3 is 35.8 Å². The fourth-order valence-corrected chi connectivity index (χ4v) is 5.64. The van der Waals surface area contributed by atoms with Crippen LogP contribution in [-0.4, -0.2) is 69.6 Å². The maximum Gasteiger partial charge on any atom is 0.316 e. The van der Waals surface area contributed by atoms with E-state index in [1.165, 1.54) is 17.0 Å². The Labute approximate surface area is 261 Å². The smallest absolute Gasteiger partial charge is 0.316 e. The molecule has 11 heteroatoms. The highest BCUT2D eigenvalue weighted by Crippen LogP contribution is 2.26. The van der Waals surface area contributed by atoms with Crippen molar-refractivity contribution < 1.29 is 24.8 Å². The molecular weight excluding hydrogens is 570 g/mol. The normalized spacial score (nSPS) is 16.3. The minimum atomic E-state index is -0.926. The highest BCUT2D eigenvalue weighted by molar-refractivity contribution is 5.92. The lowest BCUT2D eigenvalue weighted by atomic mass is 9.98. The summed E-state index contributed by atoms with van der Waals surface area (Å²) in [5, 5.41) is 27.7. The molecule has 1 aromatic heterocycles. The number of hydrogen-bond donors (Lipinski definition) is 5. The number of aromatic nitrogens is 1. The molecule has 2 heterocycles. The summed E-state index contributed by atoms with van der Waals surface area (Å²) in [6.45, 7) is 4.83. The van der Waals surface area contributed by atoms with E-state index in [0.29, 0.717) is 12.1 Å². The first-order chi connectivity index (χ1) is 21.9. The Morgan fingerprint density at radius 2 is 1.87 bits per heavy atom. The molecular formula is C34H36N7O4+. The van der Waals surface area contributed by atoms with Gasteiger partial charge in [0, 0.05) is 31.1 Å². The summed E-state index contributed by atoms with van der Waals surface area (Å²) in [4.78, 5) is 47.5. The number of quaternary nitrogens is 1. The number of phenols is 1. The number of urea groups is 1. The average Bonchev–Trinajstić information content (AvgIpc) is 3.48. The van der Waals surface area contributed by atoms with Gasteiger partial charge in [0.25, 0.3) is 5.91 Å². The SMILES string of the molecule is C=CC[NH2+]CC(=O)N1C(NC(=O)NCc2ccccc2)CN(Cc2cccc3c(C#N)c[nH]c23)C(=O)[C@@H]1Cc1ccc(O)cc1. The third kappa shape index (κ3) is 7.31. The number of nitrogens with zero attached hydrogens (tertiary/aromatic N) is 3. The van der Waals surface area contributed by atoms with Gasteiger partial charge in [-0.1, -0.05) is 67.2 Å². The van der Waals surface area contributed by atoms with Gasteiger partial charge in [-0.15, -0.1) is 0 Å². The molecule has 4 aromatic rings. The van der Waals surface area contributed by atoms with Crippen LogP contribution in [0.1, 0.15) is 22.3 Å². The number of amides is 4. The van der Waals surface area contributed by atoms with Crippen molar-refractivity contribution in [1.29, 1.82) is 5.26 Å². The second kappa shape index (κ2) is 14.2. The number of benzene rings is 3. The number of hydrogen-bond acceptors (Lipinski definition) is 5. The van der Waals surface area contributed by atoms with E-state index in [9.17, 15) is 24.8 Å². The first-order valence-electron chi connectivity index (χ1n) is 14.8. The number of H-pyrrole nitrogens is 1. The van der Waals surface area contributed by atoms with Gasteiger partial charge in [0.15, 0.2) is 6.54 Å². The summed E-state index contributed by atoms with van der Waals surface area (Å²) in [5.74, 6) is -0.480. The van der Waals surface area contributed by atoms with E-state index in [1.54, 1.807) is 34.6 Å². The highest BCUT2D eigenvalue weighted by atomic mass is 16.3. The number of nitrogens with two attached hydrogens (primary N) is 1. The molecule has 1 unspecified atom stereocenters. The van der Waals surface area contributed by atoms with Crippen molar-refractivity contribution in [1.82, 2.24) is 25.4 Å². The maximum atomic E-state index is 14.3. The van der Waals surface area contributed by atoms with Crippen LogP contribution < -0.4 is 16.0 Å². The number of rotatable bonds is 11. The Morgan fingerprint density at radius 3 is 2.60 bits per heavy atom. The van der Waals surface area contributed by atoms with Crippen molar-refractivity contribution in [2.45, 2.75) is 31.7 Å². The Balaban J connectivity index is 1.47. The summed E-state index contributed by atoms with van der Waals surface area (Å²) in [6.07, 6.45) is 2.68. The number of carbonyl (C=O) groups excluding carboxylic acids is 3. The molecule has 45 heavy (non-hydrogen) atoms. The highest BCUT2D eigenvalue weighted by Gasteiger charge is 2.44. The monoisotopic (exact) mass is 606 g/mol. The minimum absolute atomic E-state index is 0.0546. The third-order valence-electron chi connectivity index (χ3n) is 7.84. The van der Waals surface area contributed by atoms with Gasteiger partial charge in [0.1, 0.15) is 24.0 Å². The summed E-state index contributed by atoms with van der Waals surface area (Å²) < 4.78 is 0. The standard InChI is InChI=1S/C34H35N7O4/c1-2-15-36-20-31(43)41-29(16-23-11-13-27(42)14-12-23)33(44)40(21-25-9-6-10-28-26(17-35)19-37-32(25)28)22-30(41)39-34(45)38-18-24-7-4-3-5-8-24/h2-14,19,29-30,36-37,42H,1,15-16,18,20-22H2,(H2,38,39,45)/p+1/t29-,30?/m0/s1. The summed E-state index contributed by atoms with van der Waals surface area (Å²) >= 11 is 0. The van der Waals surface area contributed by atoms with E-state index < -0.39 is 18.2 Å². The minimum Gasteiger partial charge on any atom is -0.508 e. The second-order valence-electron chi connectivity index (χ2n) is 10.9. The van der Waals surface area contributed by atoms with E-state index in [0.717, 1.165) is 27.6 Å². The number of phenolic OH excluding ortho intramolecular Hbond substituents is 1. The Hall–Kier alpha value is -5.60. The van der Waals surface area contributed by atoms with Crippen molar-refractivity contribution in [3.63, 3.8) is 0 Å². The zero-order valence-electron chi connectivity index (χ0n) is 24.8. The van der Waals surface area contributed by atoms with E-state index >= 15 is 0 Å². The van der Waals surface area contributed by atoms with Crippen LogP contribution in [-0.2, 0) is 29.1 Å². The van der Waals surface area contributed by atoms with Gasteiger partial charge in [-0.05, 0) is 34.9 Å². The molecule has 0 bridgehead atoms. The Morgan fingerprint density at radius 1 is 1.09 bits per heavy atom. The van der Waals surface area contributed by atoms with Crippen LogP contribution in [0.4, 0.5) is 4.79 Å². The molecule has 0 radical (unpaired) electrons. The van der Waals surface area contributed by atoms with Crippen molar-refractivity contribution in [2.75, 3.05) is 19.6 Å². The van der Waals surface area contributed by atoms with Gasteiger partial charge in [0.05, 0.1) is 24.2 Å². The number of carbonyl (C=O) groups is 3. The van der Waals surface area contributed by atoms with Gasteiger partial charge >= 0.3 is 6.03 Å². The van der Waals surface area contributed by atoms with Crippen LogP contribution in [0.3, 0.4) is 0 Å². The maximum absolute atomic E-state index is 14.3. The second-order valence-corrected chi connectivity index (χ2v) is 10.9. The van der Waals surface area contributed by atoms with E-state index in [-0.39, 0.29) is 50.2 Å². The lowest BCUT2D eigenvalue weighted by Gasteiger charge is -2.46. The fourth-order valence-electron chi connectivity index (χ4n) is 5.64. The van der Waals surface area contributed by atoms with Gasteiger partial charge in [0.2, 0.25) is 5.91 Å². The van der Waals surface area contributed by atoms with Crippen LogP contribution in [0, 0.1) is 11.3 Å². The molecule has 230 valence electrons. The molecule has 4 amide bonds. The number of aromatic hydroxyl groups is 1. The molecule has 1 saturated heterocycles. The van der Waals surface area contributed by atoms with Gasteiger partial charge in [-0.25, -0.2) is 4.79 Å². The predicted octanol–water partition coefficient (Wildman–Crippen LogP) is 2.10. The third-order valence-corrected chi connectivity index (χ3v) is 7.84. The Bertz CT molecular complexity index is 1710. The molecule has 0 spiro atoms. The molecule has 6 N–H and O–H groups in total. The van der Waals surface area contributed by atoms with Crippen LogP contribution >= 0.6 is 0 Å². The van der Waals surface area contributed by atoms with Gasteiger partial charge in [-0.3, -0.25) is 9.59 Å². The molecule has 0 aliphatic carbocycles. The molecule has 11 nitrogen and oxygen atoms in total. The number of para-hydroxylation sites is 1. The molecule has 1 fully saturated rings. The molecule has 3 aromatic carbocycles. The van der Waals surface area contributed by atoms with Crippen LogP contribution in [0.2, 0.25) is 0 Å². The first-order valence-corrected chi connectivity index (χ1v) is 14.8. The summed E-state index contributed by atoms with van der Waals surface area (Å²) in [7, 11) is 0. The molecule has 1 aliphatic rings. The van der Waals surface area contributed by atoms with Crippen molar-refractivity contribution in [3.8, 4) is 11.8 Å². The van der Waals surface area contributed by atoms with E-state index in [2.05, 4.69) is 28.3 Å². The zero-order valence-corrected chi connectivity index (χ0v) is 24.8.